The van der Waals surface area contributed by atoms with E-state index in [0.29, 0.717) is 0 Å². The molecule has 0 heterocycles. The first-order valence-corrected chi connectivity index (χ1v) is 8.59. The number of carbonyl (C=O) groups excluding carboxylic acids is 5. The first kappa shape index (κ1) is 25.1. The molecule has 0 rings (SSSR count). The third-order valence-electron chi connectivity index (χ3n) is 3.35. The third-order valence-corrected chi connectivity index (χ3v) is 3.71. The summed E-state index contributed by atoms with van der Waals surface area (Å²) in [6, 6.07) is -5.22. The normalized spacial score (nSPS) is 14.7. The smallest absolute Gasteiger partial charge is 0.326 e. The van der Waals surface area contributed by atoms with Gasteiger partial charge in [0.1, 0.15) is 18.1 Å². The minimum absolute atomic E-state index is 0.206. The molecule has 0 saturated heterocycles. The molecule has 0 aromatic heterocycles. The fourth-order valence-electron chi connectivity index (χ4n) is 1.86. The van der Waals surface area contributed by atoms with Gasteiger partial charge in [-0.15, -0.1) is 0 Å². The maximum Gasteiger partial charge on any atom is 0.326 e. The van der Waals surface area contributed by atoms with Crippen LogP contribution in [0.2, 0.25) is 0 Å². The van der Waals surface area contributed by atoms with Crippen LogP contribution < -0.4 is 33.2 Å². The van der Waals surface area contributed by atoms with E-state index >= 15 is 0 Å². The molecule has 4 atom stereocenters. The van der Waals surface area contributed by atoms with Crippen molar-refractivity contribution in [3.05, 3.63) is 0 Å². The van der Waals surface area contributed by atoms with Gasteiger partial charge in [0, 0.05) is 5.75 Å². The highest BCUT2D eigenvalue weighted by Gasteiger charge is 2.29. The molecule has 158 valence electrons. The zero-order valence-electron chi connectivity index (χ0n) is 15.0. The summed E-state index contributed by atoms with van der Waals surface area (Å²) in [4.78, 5) is 68.7. The van der Waals surface area contributed by atoms with E-state index in [2.05, 4.69) is 28.6 Å². The Morgan fingerprint density at radius 2 is 1.36 bits per heavy atom. The van der Waals surface area contributed by atoms with E-state index in [-0.39, 0.29) is 5.75 Å². The average Bonchev–Trinajstić information content (AvgIpc) is 2.57. The van der Waals surface area contributed by atoms with E-state index in [1.54, 1.807) is 0 Å². The second-order valence-electron chi connectivity index (χ2n) is 5.82. The molecule has 0 saturated carbocycles. The maximum atomic E-state index is 12.1. The Labute approximate surface area is 165 Å². The number of rotatable bonds is 12. The van der Waals surface area contributed by atoms with Crippen molar-refractivity contribution in [1.29, 1.82) is 0 Å². The summed E-state index contributed by atoms with van der Waals surface area (Å²) in [6.07, 6.45) is -1.06. The van der Waals surface area contributed by atoms with Crippen LogP contribution in [0.4, 0.5) is 0 Å². The molecule has 14 heteroatoms. The molecule has 0 bridgehead atoms. The Morgan fingerprint density at radius 3 is 1.79 bits per heavy atom. The number of hydrogen-bond donors (Lipinski definition) is 8. The predicted octanol–water partition coefficient (Wildman–Crippen LogP) is -4.45. The number of aliphatic carboxylic acids is 1. The minimum Gasteiger partial charge on any atom is -0.480 e. The number of amides is 5. The van der Waals surface area contributed by atoms with Crippen molar-refractivity contribution in [3.63, 3.8) is 0 Å². The topological polar surface area (TPSA) is 237 Å². The van der Waals surface area contributed by atoms with Crippen molar-refractivity contribution >= 4 is 48.1 Å². The second-order valence-corrected chi connectivity index (χ2v) is 6.19. The zero-order chi connectivity index (χ0) is 22.0. The van der Waals surface area contributed by atoms with Crippen molar-refractivity contribution in [2.75, 3.05) is 5.75 Å². The van der Waals surface area contributed by atoms with Gasteiger partial charge in [0.2, 0.25) is 29.5 Å². The van der Waals surface area contributed by atoms with Gasteiger partial charge >= 0.3 is 5.97 Å². The molecule has 0 aromatic carbocycles. The molecule has 0 fully saturated rings. The standard InChI is InChI=1S/C14H24N6O7S/c1-5(18-12(24)6(15)2-9(16)21)11(23)20-8(4-28)13(25)19-7(14(26)27)3-10(17)22/h5-8,28H,2-4,15H2,1H3,(H2,16,21)(H2,17,22)(H,18,24)(H,19,25)(H,20,23)(H,26,27). The lowest BCUT2D eigenvalue weighted by atomic mass is 10.1. The highest BCUT2D eigenvalue weighted by atomic mass is 32.1. The van der Waals surface area contributed by atoms with Crippen molar-refractivity contribution in [2.24, 2.45) is 17.2 Å². The minimum atomic E-state index is -1.58. The van der Waals surface area contributed by atoms with E-state index in [1.807, 2.05) is 0 Å². The van der Waals surface area contributed by atoms with Gasteiger partial charge in [-0.2, -0.15) is 12.6 Å². The molecule has 0 aliphatic heterocycles. The summed E-state index contributed by atoms with van der Waals surface area (Å²) in [5.74, 6) is -5.95. The summed E-state index contributed by atoms with van der Waals surface area (Å²) in [5.41, 5.74) is 15.3. The molecule has 10 N–H and O–H groups in total. The van der Waals surface area contributed by atoms with Gasteiger partial charge < -0.3 is 38.3 Å². The van der Waals surface area contributed by atoms with Crippen LogP contribution in [0.15, 0.2) is 0 Å². The number of carbonyl (C=O) groups is 6. The van der Waals surface area contributed by atoms with Gasteiger partial charge in [0.05, 0.1) is 18.9 Å². The summed E-state index contributed by atoms with van der Waals surface area (Å²) in [7, 11) is 0. The Morgan fingerprint density at radius 1 is 0.857 bits per heavy atom. The van der Waals surface area contributed by atoms with Gasteiger partial charge in [0.25, 0.3) is 0 Å². The Bertz CT molecular complexity index is 644. The van der Waals surface area contributed by atoms with Gasteiger partial charge in [-0.1, -0.05) is 0 Å². The van der Waals surface area contributed by atoms with Crippen molar-refractivity contribution in [2.45, 2.75) is 43.9 Å². The fraction of sp³-hybridized carbons (Fsp3) is 0.571. The summed E-state index contributed by atoms with van der Waals surface area (Å²) >= 11 is 3.91. The van der Waals surface area contributed by atoms with E-state index in [1.165, 1.54) is 6.92 Å². The molecule has 13 nitrogen and oxygen atoms in total. The molecule has 0 aliphatic carbocycles. The van der Waals surface area contributed by atoms with Gasteiger partial charge in [-0.25, -0.2) is 4.79 Å². The van der Waals surface area contributed by atoms with Crippen LogP contribution in [-0.2, 0) is 28.8 Å². The first-order valence-electron chi connectivity index (χ1n) is 7.96. The third kappa shape index (κ3) is 9.18. The Kier molecular flexibility index (Phi) is 10.6. The fourth-order valence-corrected chi connectivity index (χ4v) is 2.12. The molecule has 28 heavy (non-hydrogen) atoms. The van der Waals surface area contributed by atoms with E-state index in [0.717, 1.165) is 0 Å². The van der Waals surface area contributed by atoms with E-state index in [9.17, 15) is 28.8 Å². The summed E-state index contributed by atoms with van der Waals surface area (Å²) in [6.45, 7) is 1.30. The molecule has 0 aromatic rings. The van der Waals surface area contributed by atoms with E-state index < -0.39 is 72.5 Å². The SMILES string of the molecule is CC(NC(=O)C(N)CC(N)=O)C(=O)NC(CS)C(=O)NC(CC(N)=O)C(=O)O. The van der Waals surface area contributed by atoms with Gasteiger partial charge in [-0.05, 0) is 6.92 Å². The zero-order valence-corrected chi connectivity index (χ0v) is 15.9. The summed E-state index contributed by atoms with van der Waals surface area (Å²) < 4.78 is 0. The Hall–Kier alpha value is -2.87. The molecule has 0 aliphatic rings. The lowest BCUT2D eigenvalue weighted by Gasteiger charge is -2.22. The van der Waals surface area contributed by atoms with E-state index in [4.69, 9.17) is 22.3 Å². The Balaban J connectivity index is 4.85. The molecule has 4 unspecified atom stereocenters. The van der Waals surface area contributed by atoms with Crippen LogP contribution in [-0.4, -0.2) is 70.5 Å². The number of thiol groups is 1. The maximum absolute atomic E-state index is 12.1. The van der Waals surface area contributed by atoms with Crippen molar-refractivity contribution in [3.8, 4) is 0 Å². The van der Waals surface area contributed by atoms with Crippen LogP contribution in [0.1, 0.15) is 19.8 Å². The largest absolute Gasteiger partial charge is 0.480 e. The number of carboxylic acids is 1. The van der Waals surface area contributed by atoms with Crippen LogP contribution in [0.3, 0.4) is 0 Å². The quantitative estimate of drug-likeness (QED) is 0.143. The van der Waals surface area contributed by atoms with Crippen LogP contribution in [0.25, 0.3) is 0 Å². The molecule has 5 amide bonds. The predicted molar refractivity (Wildman–Crippen MR) is 98.6 cm³/mol. The van der Waals surface area contributed by atoms with Crippen molar-refractivity contribution in [1.82, 2.24) is 16.0 Å². The lowest BCUT2D eigenvalue weighted by molar-refractivity contribution is -0.143. The number of primary amides is 2. The highest BCUT2D eigenvalue weighted by molar-refractivity contribution is 7.80. The molecule has 0 spiro atoms. The number of carboxylic acid groups (broad SMARTS) is 1. The number of nitrogens with one attached hydrogen (secondary N) is 3. The average molecular weight is 420 g/mol. The van der Waals surface area contributed by atoms with Gasteiger partial charge in [0.15, 0.2) is 0 Å². The molecule has 0 radical (unpaired) electrons. The number of nitrogens with two attached hydrogens (primary N) is 3. The van der Waals surface area contributed by atoms with Crippen molar-refractivity contribution < 1.29 is 33.9 Å². The van der Waals surface area contributed by atoms with Crippen LogP contribution in [0.5, 0.6) is 0 Å². The monoisotopic (exact) mass is 420 g/mol. The lowest BCUT2D eigenvalue weighted by Crippen LogP contribution is -2.57. The number of hydrogen-bond acceptors (Lipinski definition) is 8. The molecular formula is C14H24N6O7S. The first-order chi connectivity index (χ1) is 12.9. The second kappa shape index (κ2) is 11.8. The van der Waals surface area contributed by atoms with Gasteiger partial charge in [-0.3, -0.25) is 24.0 Å². The van der Waals surface area contributed by atoms with Crippen LogP contribution >= 0.6 is 12.6 Å². The molecular weight excluding hydrogens is 396 g/mol. The van der Waals surface area contributed by atoms with Crippen LogP contribution in [0, 0.1) is 0 Å². The highest BCUT2D eigenvalue weighted by Crippen LogP contribution is 1.97. The summed E-state index contributed by atoms with van der Waals surface area (Å²) in [5, 5.41) is 15.6.